The Bertz CT molecular complexity index is 1240. The summed E-state index contributed by atoms with van der Waals surface area (Å²) >= 11 is 1.53. The zero-order valence-corrected chi connectivity index (χ0v) is 19.8. The minimum atomic E-state index is -3.47. The van der Waals surface area contributed by atoms with Crippen molar-refractivity contribution in [1.29, 1.82) is 0 Å². The monoisotopic (exact) mass is 480 g/mol. The van der Waals surface area contributed by atoms with E-state index in [0.717, 1.165) is 16.4 Å². The molecule has 0 aliphatic heterocycles. The highest BCUT2D eigenvalue weighted by Crippen LogP contribution is 2.30. The fourth-order valence-corrected chi connectivity index (χ4v) is 5.32. The summed E-state index contributed by atoms with van der Waals surface area (Å²) in [5.74, 6) is 2.07. The molecule has 0 atom stereocenters. The fourth-order valence-electron chi connectivity index (χ4n) is 3.21. The summed E-state index contributed by atoms with van der Waals surface area (Å²) in [7, 11) is -3.47. The van der Waals surface area contributed by atoms with E-state index >= 15 is 0 Å². The van der Waals surface area contributed by atoms with Crippen LogP contribution in [-0.4, -0.2) is 19.2 Å². The van der Waals surface area contributed by atoms with Crippen LogP contribution in [0.5, 0.6) is 22.3 Å². The first-order valence-electron chi connectivity index (χ1n) is 10.5. The second-order valence-corrected chi connectivity index (χ2v) is 10.2. The average molecular weight is 481 g/mol. The van der Waals surface area contributed by atoms with E-state index in [1.54, 1.807) is 42.7 Å². The van der Waals surface area contributed by atoms with Gasteiger partial charge in [-0.1, -0.05) is 13.0 Å². The van der Waals surface area contributed by atoms with Crippen molar-refractivity contribution < 1.29 is 17.9 Å². The molecule has 0 saturated heterocycles. The fraction of sp³-hybridized carbons (Fsp3) is 0.160. The van der Waals surface area contributed by atoms with Gasteiger partial charge in [0, 0.05) is 12.4 Å². The summed E-state index contributed by atoms with van der Waals surface area (Å²) in [5.41, 5.74) is 1.40. The van der Waals surface area contributed by atoms with Crippen LogP contribution >= 0.6 is 11.3 Å². The van der Waals surface area contributed by atoms with Crippen LogP contribution in [0.2, 0.25) is 0 Å². The van der Waals surface area contributed by atoms with Gasteiger partial charge in [0.05, 0.1) is 18.0 Å². The number of nitrogens with zero attached hydrogens (tertiary/aromatic N) is 2. The lowest BCUT2D eigenvalue weighted by molar-refractivity contribution is 0.474. The van der Waals surface area contributed by atoms with E-state index < -0.39 is 10.0 Å². The minimum absolute atomic E-state index is 0.0748. The topological polar surface area (TPSA) is 68.7 Å². The van der Waals surface area contributed by atoms with Crippen molar-refractivity contribution in [3.8, 4) is 22.3 Å². The van der Waals surface area contributed by atoms with Gasteiger partial charge in [0.15, 0.2) is 5.06 Å². The molecule has 0 fully saturated rings. The number of pyridine rings is 1. The molecular weight excluding hydrogens is 456 g/mol. The number of hydrogen-bond donors (Lipinski definition) is 0. The molecule has 0 unspecified atom stereocenters. The van der Waals surface area contributed by atoms with E-state index in [2.05, 4.69) is 4.98 Å². The molecule has 2 aromatic heterocycles. The van der Waals surface area contributed by atoms with E-state index in [0.29, 0.717) is 23.6 Å². The van der Waals surface area contributed by atoms with Gasteiger partial charge in [0.2, 0.25) is 10.0 Å². The molecule has 170 valence electrons. The summed E-state index contributed by atoms with van der Waals surface area (Å²) in [6.07, 6.45) is 3.89. The largest absolute Gasteiger partial charge is 0.457 e. The Kier molecular flexibility index (Phi) is 7.26. The van der Waals surface area contributed by atoms with E-state index in [9.17, 15) is 8.42 Å². The number of thiophene rings is 1. The first kappa shape index (κ1) is 22.8. The van der Waals surface area contributed by atoms with Gasteiger partial charge in [-0.25, -0.2) is 8.42 Å². The zero-order valence-electron chi connectivity index (χ0n) is 18.1. The maximum absolute atomic E-state index is 12.9. The van der Waals surface area contributed by atoms with Crippen LogP contribution in [-0.2, 0) is 16.6 Å². The van der Waals surface area contributed by atoms with Gasteiger partial charge in [-0.05, 0) is 84.1 Å². The normalized spacial score (nSPS) is 11.2. The Morgan fingerprint density at radius 1 is 0.879 bits per heavy atom. The Morgan fingerprint density at radius 3 is 2.12 bits per heavy atom. The van der Waals surface area contributed by atoms with E-state index in [1.807, 2.05) is 54.8 Å². The standard InChI is InChI=1S/C25H24N2O4S2/c1-2-17-33(28,29)27(19-20-5-3-15-26-18-20)21-7-9-22(10-8-21)30-23-11-13-24(14-12-23)31-25-6-4-16-32-25/h3-16,18H,2,17,19H2,1H3. The highest BCUT2D eigenvalue weighted by atomic mass is 32.2. The van der Waals surface area contributed by atoms with Crippen molar-refractivity contribution in [3.05, 3.63) is 96.1 Å². The number of sulfonamides is 1. The van der Waals surface area contributed by atoms with Crippen molar-refractivity contribution in [1.82, 2.24) is 4.98 Å². The van der Waals surface area contributed by atoms with Crippen LogP contribution in [0.1, 0.15) is 18.9 Å². The molecule has 0 bridgehead atoms. The summed E-state index contributed by atoms with van der Waals surface area (Å²) in [5, 5.41) is 2.79. The van der Waals surface area contributed by atoms with Gasteiger partial charge in [-0.2, -0.15) is 0 Å². The van der Waals surface area contributed by atoms with Gasteiger partial charge in [-0.3, -0.25) is 9.29 Å². The van der Waals surface area contributed by atoms with Crippen molar-refractivity contribution in [2.45, 2.75) is 19.9 Å². The van der Waals surface area contributed by atoms with Crippen molar-refractivity contribution in [2.24, 2.45) is 0 Å². The van der Waals surface area contributed by atoms with E-state index in [-0.39, 0.29) is 12.3 Å². The molecule has 0 spiro atoms. The van der Waals surface area contributed by atoms with Crippen molar-refractivity contribution >= 4 is 27.0 Å². The highest BCUT2D eigenvalue weighted by molar-refractivity contribution is 7.92. The molecule has 0 N–H and O–H groups in total. The van der Waals surface area contributed by atoms with Gasteiger partial charge < -0.3 is 9.47 Å². The third kappa shape index (κ3) is 6.12. The molecule has 4 aromatic rings. The smallest absolute Gasteiger partial charge is 0.235 e. The van der Waals surface area contributed by atoms with Crippen LogP contribution in [0.3, 0.4) is 0 Å². The summed E-state index contributed by atoms with van der Waals surface area (Å²) in [6.45, 7) is 2.08. The molecule has 33 heavy (non-hydrogen) atoms. The number of aromatic nitrogens is 1. The molecule has 0 aliphatic carbocycles. The molecule has 4 rings (SSSR count). The molecule has 0 radical (unpaired) electrons. The highest BCUT2D eigenvalue weighted by Gasteiger charge is 2.22. The number of anilines is 1. The lowest BCUT2D eigenvalue weighted by atomic mass is 10.2. The van der Waals surface area contributed by atoms with Crippen molar-refractivity contribution in [3.63, 3.8) is 0 Å². The van der Waals surface area contributed by atoms with Crippen LogP contribution < -0.4 is 13.8 Å². The van der Waals surface area contributed by atoms with Crippen LogP contribution in [0, 0.1) is 0 Å². The Morgan fingerprint density at radius 2 is 1.55 bits per heavy atom. The Hall–Kier alpha value is -3.36. The molecule has 0 amide bonds. The molecule has 0 aliphatic rings. The predicted octanol–water partition coefficient (Wildman–Crippen LogP) is 6.47. The average Bonchev–Trinajstić information content (AvgIpc) is 3.33. The maximum Gasteiger partial charge on any atom is 0.235 e. The van der Waals surface area contributed by atoms with E-state index in [1.165, 1.54) is 15.6 Å². The number of ether oxygens (including phenoxy) is 2. The Balaban J connectivity index is 1.48. The van der Waals surface area contributed by atoms with Crippen LogP contribution in [0.4, 0.5) is 5.69 Å². The molecular formula is C25H24N2O4S2. The SMILES string of the molecule is CCCS(=O)(=O)N(Cc1cccnc1)c1ccc(Oc2ccc(Oc3cccs3)cc2)cc1. The molecule has 8 heteroatoms. The van der Waals surface area contributed by atoms with Crippen LogP contribution in [0.15, 0.2) is 90.6 Å². The van der Waals surface area contributed by atoms with Gasteiger partial charge in [-0.15, -0.1) is 11.3 Å². The maximum atomic E-state index is 12.9. The lowest BCUT2D eigenvalue weighted by Crippen LogP contribution is -2.32. The molecule has 0 saturated carbocycles. The molecule has 2 heterocycles. The number of hydrogen-bond acceptors (Lipinski definition) is 6. The van der Waals surface area contributed by atoms with Gasteiger partial charge in [0.1, 0.15) is 17.2 Å². The Labute approximate surface area is 198 Å². The minimum Gasteiger partial charge on any atom is -0.457 e. The second kappa shape index (κ2) is 10.5. The van der Waals surface area contributed by atoms with Gasteiger partial charge >= 0.3 is 0 Å². The third-order valence-corrected chi connectivity index (χ3v) is 7.43. The lowest BCUT2D eigenvalue weighted by Gasteiger charge is -2.24. The third-order valence-electron chi connectivity index (χ3n) is 4.74. The second-order valence-electron chi connectivity index (χ2n) is 7.29. The predicted molar refractivity (Wildman–Crippen MR) is 132 cm³/mol. The first-order chi connectivity index (χ1) is 16.0. The summed E-state index contributed by atoms with van der Waals surface area (Å²) < 4.78 is 39.0. The summed E-state index contributed by atoms with van der Waals surface area (Å²) in [4.78, 5) is 4.10. The number of benzene rings is 2. The molecule has 2 aromatic carbocycles. The first-order valence-corrected chi connectivity index (χ1v) is 13.0. The quantitative estimate of drug-likeness (QED) is 0.260. The number of rotatable bonds is 10. The van der Waals surface area contributed by atoms with Gasteiger partial charge in [0.25, 0.3) is 0 Å². The van der Waals surface area contributed by atoms with Crippen LogP contribution in [0.25, 0.3) is 0 Å². The van der Waals surface area contributed by atoms with E-state index in [4.69, 9.17) is 9.47 Å². The molecule has 6 nitrogen and oxygen atoms in total. The summed E-state index contributed by atoms with van der Waals surface area (Å²) in [6, 6.07) is 21.9. The zero-order chi connectivity index (χ0) is 23.1. The van der Waals surface area contributed by atoms with Crippen molar-refractivity contribution in [2.75, 3.05) is 10.1 Å².